The van der Waals surface area contributed by atoms with Crippen LogP contribution in [0.2, 0.25) is 0 Å². The Hall–Kier alpha value is -2.54. The summed E-state index contributed by atoms with van der Waals surface area (Å²) < 4.78 is 5.31. The predicted molar refractivity (Wildman–Crippen MR) is 96.6 cm³/mol. The fraction of sp³-hybridized carbons (Fsp3) is 0.474. The molecule has 26 heavy (non-hydrogen) atoms. The monoisotopic (exact) mass is 356 g/mol. The summed E-state index contributed by atoms with van der Waals surface area (Å²) in [7, 11) is 0. The first-order chi connectivity index (χ1) is 12.4. The average Bonchev–Trinajstić information content (AvgIpc) is 3.10. The van der Waals surface area contributed by atoms with Crippen LogP contribution in [0, 0.1) is 5.41 Å². The second-order valence-corrected chi connectivity index (χ2v) is 7.44. The van der Waals surface area contributed by atoms with Crippen molar-refractivity contribution in [2.45, 2.75) is 39.5 Å². The molecule has 0 spiro atoms. The molecule has 3 heterocycles. The lowest BCUT2D eigenvalue weighted by Gasteiger charge is -2.30. The molecule has 0 bridgehead atoms. The van der Waals surface area contributed by atoms with Gasteiger partial charge in [0.25, 0.3) is 5.89 Å². The number of hydroxylamine groups is 2. The van der Waals surface area contributed by atoms with E-state index in [1.807, 2.05) is 39.0 Å². The van der Waals surface area contributed by atoms with E-state index in [1.54, 1.807) is 23.5 Å². The van der Waals surface area contributed by atoms with Crippen molar-refractivity contribution in [2.75, 3.05) is 13.1 Å². The zero-order chi connectivity index (χ0) is 18.6. The van der Waals surface area contributed by atoms with Crippen molar-refractivity contribution in [3.63, 3.8) is 0 Å². The van der Waals surface area contributed by atoms with Gasteiger partial charge in [-0.25, -0.2) is 4.79 Å². The number of nitrogens with zero attached hydrogens (tertiary/aromatic N) is 4. The van der Waals surface area contributed by atoms with Gasteiger partial charge in [-0.05, 0) is 51.3 Å². The fourth-order valence-electron chi connectivity index (χ4n) is 2.58. The van der Waals surface area contributed by atoms with Crippen LogP contribution in [0.5, 0.6) is 0 Å². The molecule has 0 N–H and O–H groups in total. The molecule has 0 atom stereocenters. The van der Waals surface area contributed by atoms with E-state index in [9.17, 15) is 4.79 Å². The molecule has 1 aliphatic heterocycles. The zero-order valence-electron chi connectivity index (χ0n) is 15.4. The summed E-state index contributed by atoms with van der Waals surface area (Å²) in [5, 5.41) is 5.83. The van der Waals surface area contributed by atoms with Crippen molar-refractivity contribution in [3.8, 4) is 0 Å². The van der Waals surface area contributed by atoms with E-state index >= 15 is 0 Å². The number of hydrogen-bond donors (Lipinski definition) is 0. The van der Waals surface area contributed by atoms with Crippen LogP contribution in [0.15, 0.2) is 29.0 Å². The quantitative estimate of drug-likeness (QED) is 0.831. The molecule has 0 radical (unpaired) electrons. The maximum atomic E-state index is 12.0. The van der Waals surface area contributed by atoms with E-state index in [4.69, 9.17) is 9.36 Å². The van der Waals surface area contributed by atoms with Crippen LogP contribution in [0.3, 0.4) is 0 Å². The standard InChI is InChI=1S/C19H24N4O3/c1-19(2,3)18(24)26-23-11-8-15(9-12-23)17-21-16(25-22-17)7-6-14-5-4-10-20-13-14/h4-7,10,13,15H,8-9,11-12H2,1-3H3/b7-6+. The molecule has 0 aliphatic carbocycles. The van der Waals surface area contributed by atoms with E-state index in [0.29, 0.717) is 24.8 Å². The molecular weight excluding hydrogens is 332 g/mol. The Bertz CT molecular complexity index is 757. The maximum absolute atomic E-state index is 12.0. The van der Waals surface area contributed by atoms with Gasteiger partial charge in [0.2, 0.25) is 0 Å². The van der Waals surface area contributed by atoms with E-state index in [2.05, 4.69) is 15.1 Å². The van der Waals surface area contributed by atoms with Gasteiger partial charge in [0.05, 0.1) is 5.41 Å². The Labute approximate surface area is 153 Å². The second kappa shape index (κ2) is 7.78. The third-order valence-electron chi connectivity index (χ3n) is 4.20. The minimum atomic E-state index is -0.500. The molecule has 0 saturated carbocycles. The smallest absolute Gasteiger partial charge is 0.330 e. The molecule has 138 valence electrons. The second-order valence-electron chi connectivity index (χ2n) is 7.44. The van der Waals surface area contributed by atoms with Crippen LogP contribution in [-0.4, -0.2) is 39.2 Å². The van der Waals surface area contributed by atoms with Crippen molar-refractivity contribution in [2.24, 2.45) is 5.41 Å². The number of piperidine rings is 1. The SMILES string of the molecule is CC(C)(C)C(=O)ON1CCC(c2noc(/C=C/c3cccnc3)n2)CC1. The molecule has 3 rings (SSSR count). The minimum absolute atomic E-state index is 0.210. The predicted octanol–water partition coefficient (Wildman–Crippen LogP) is 3.32. The first kappa shape index (κ1) is 18.3. The van der Waals surface area contributed by atoms with Crippen LogP contribution in [-0.2, 0) is 9.63 Å². The number of pyridine rings is 1. The van der Waals surface area contributed by atoms with E-state index < -0.39 is 5.41 Å². The van der Waals surface area contributed by atoms with Gasteiger partial charge in [-0.2, -0.15) is 4.98 Å². The third kappa shape index (κ3) is 4.76. The lowest BCUT2D eigenvalue weighted by molar-refractivity contribution is -0.204. The molecule has 0 amide bonds. The van der Waals surface area contributed by atoms with Gasteiger partial charge >= 0.3 is 5.97 Å². The van der Waals surface area contributed by atoms with Crippen molar-refractivity contribution in [1.29, 1.82) is 0 Å². The van der Waals surface area contributed by atoms with Gasteiger partial charge in [-0.15, -0.1) is 5.06 Å². The Kier molecular flexibility index (Phi) is 5.46. The number of carbonyl (C=O) groups is 1. The fourth-order valence-corrected chi connectivity index (χ4v) is 2.58. The molecule has 2 aromatic heterocycles. The highest BCUT2D eigenvalue weighted by molar-refractivity contribution is 5.75. The molecule has 1 fully saturated rings. The molecule has 0 unspecified atom stereocenters. The van der Waals surface area contributed by atoms with Crippen molar-refractivity contribution in [1.82, 2.24) is 20.2 Å². The van der Waals surface area contributed by atoms with Gasteiger partial charge in [-0.1, -0.05) is 11.2 Å². The normalized spacial score (nSPS) is 16.9. The average molecular weight is 356 g/mol. The molecule has 1 saturated heterocycles. The first-order valence-electron chi connectivity index (χ1n) is 8.81. The van der Waals surface area contributed by atoms with Crippen molar-refractivity contribution < 1.29 is 14.2 Å². The van der Waals surface area contributed by atoms with E-state index in [1.165, 1.54) is 0 Å². The lowest BCUT2D eigenvalue weighted by Crippen LogP contribution is -2.38. The Morgan fingerprint density at radius 1 is 1.31 bits per heavy atom. The number of carbonyl (C=O) groups excluding carboxylic acids is 1. The van der Waals surface area contributed by atoms with Crippen LogP contribution in [0.25, 0.3) is 12.2 Å². The number of rotatable bonds is 4. The molecule has 1 aliphatic rings. The van der Waals surface area contributed by atoms with Gasteiger partial charge in [0.1, 0.15) is 0 Å². The summed E-state index contributed by atoms with van der Waals surface area (Å²) in [5.74, 6) is 1.19. The number of aromatic nitrogens is 3. The van der Waals surface area contributed by atoms with Crippen molar-refractivity contribution in [3.05, 3.63) is 41.8 Å². The molecule has 2 aromatic rings. The lowest BCUT2D eigenvalue weighted by atomic mass is 9.97. The summed E-state index contributed by atoms with van der Waals surface area (Å²) >= 11 is 0. The van der Waals surface area contributed by atoms with Gasteiger partial charge < -0.3 is 9.36 Å². The Balaban J connectivity index is 1.53. The largest absolute Gasteiger partial charge is 0.367 e. The first-order valence-corrected chi connectivity index (χ1v) is 8.81. The Morgan fingerprint density at radius 2 is 2.08 bits per heavy atom. The van der Waals surface area contributed by atoms with Crippen LogP contribution in [0.1, 0.15) is 56.8 Å². The minimum Gasteiger partial charge on any atom is -0.367 e. The molecular formula is C19H24N4O3. The van der Waals surface area contributed by atoms with E-state index in [0.717, 1.165) is 18.4 Å². The summed E-state index contributed by atoms with van der Waals surface area (Å²) in [6, 6.07) is 3.83. The van der Waals surface area contributed by atoms with Gasteiger partial charge in [0.15, 0.2) is 5.82 Å². The van der Waals surface area contributed by atoms with Crippen LogP contribution in [0.4, 0.5) is 0 Å². The molecule has 7 heteroatoms. The third-order valence-corrected chi connectivity index (χ3v) is 4.20. The summed E-state index contributed by atoms with van der Waals surface area (Å²) in [6.07, 6.45) is 8.81. The van der Waals surface area contributed by atoms with Crippen LogP contribution < -0.4 is 0 Å². The highest BCUT2D eigenvalue weighted by Crippen LogP contribution is 2.27. The zero-order valence-corrected chi connectivity index (χ0v) is 15.4. The highest BCUT2D eigenvalue weighted by atomic mass is 16.7. The number of hydrogen-bond acceptors (Lipinski definition) is 7. The molecule has 0 aromatic carbocycles. The topological polar surface area (TPSA) is 81.4 Å². The van der Waals surface area contributed by atoms with Crippen molar-refractivity contribution >= 4 is 18.1 Å². The Morgan fingerprint density at radius 3 is 2.73 bits per heavy atom. The summed E-state index contributed by atoms with van der Waals surface area (Å²) in [6.45, 7) is 6.88. The van der Waals surface area contributed by atoms with Crippen LogP contribution >= 0.6 is 0 Å². The van der Waals surface area contributed by atoms with Gasteiger partial charge in [0, 0.05) is 37.5 Å². The summed E-state index contributed by atoms with van der Waals surface area (Å²) in [4.78, 5) is 25.9. The maximum Gasteiger partial charge on any atom is 0.330 e. The summed E-state index contributed by atoms with van der Waals surface area (Å²) in [5.41, 5.74) is 0.473. The molecule has 7 nitrogen and oxygen atoms in total. The highest BCUT2D eigenvalue weighted by Gasteiger charge is 2.30. The van der Waals surface area contributed by atoms with Gasteiger partial charge in [-0.3, -0.25) is 4.98 Å². The van der Waals surface area contributed by atoms with E-state index in [-0.39, 0.29) is 11.9 Å².